The summed E-state index contributed by atoms with van der Waals surface area (Å²) in [6.45, 7) is 0. The Kier molecular flexibility index (Phi) is 1.63. The van der Waals surface area contributed by atoms with Crippen LogP contribution in [0.15, 0.2) is 5.70 Å². The Morgan fingerprint density at radius 3 is 2.14 bits per heavy atom. The summed E-state index contributed by atoms with van der Waals surface area (Å²) < 4.78 is 0. The fourth-order valence-electron chi connectivity index (χ4n) is 0.0437. The van der Waals surface area contributed by atoms with Crippen molar-refractivity contribution in [2.45, 2.75) is 0 Å². The van der Waals surface area contributed by atoms with Crippen molar-refractivity contribution in [3.8, 4) is 0 Å². The summed E-state index contributed by atoms with van der Waals surface area (Å²) in [7, 11) is 0. The van der Waals surface area contributed by atoms with Crippen LogP contribution in [0.4, 0.5) is 0 Å². The molecule has 0 amide bonds. The van der Waals surface area contributed by atoms with Crippen LogP contribution in [0.3, 0.4) is 0 Å². The number of carbonyl (C=O) groups is 1. The van der Waals surface area contributed by atoms with Crippen LogP contribution in [0, 0.1) is 0 Å². The largest absolute Gasteiger partial charge is 0.476 e. The van der Waals surface area contributed by atoms with E-state index in [0.717, 1.165) is 5.94 Å². The van der Waals surface area contributed by atoms with Gasteiger partial charge in [-0.2, -0.15) is 0 Å². The van der Waals surface area contributed by atoms with E-state index < -0.39 is 11.7 Å². The number of carboxylic acid groups (broad SMARTS) is 1. The highest BCUT2D eigenvalue weighted by Gasteiger charge is 1.97. The standard InChI is InChI=1S/C3H3NO3/c4-2(1-5)3(6)7/h4H2,(H,6,7). The van der Waals surface area contributed by atoms with Crippen LogP contribution in [-0.2, 0) is 9.59 Å². The van der Waals surface area contributed by atoms with Crippen molar-refractivity contribution in [2.75, 3.05) is 0 Å². The van der Waals surface area contributed by atoms with Gasteiger partial charge in [-0.25, -0.2) is 9.59 Å². The van der Waals surface area contributed by atoms with Crippen LogP contribution >= 0.6 is 0 Å². The summed E-state index contributed by atoms with van der Waals surface area (Å²) in [4.78, 5) is 18.8. The molecule has 0 rings (SSSR count). The number of hydrogen-bond acceptors (Lipinski definition) is 3. The Hall–Kier alpha value is -1.28. The van der Waals surface area contributed by atoms with E-state index in [1.807, 2.05) is 0 Å². The first-order chi connectivity index (χ1) is 3.18. The average Bonchev–Trinajstić information content (AvgIpc) is 1.65. The molecule has 0 saturated heterocycles. The highest BCUT2D eigenvalue weighted by molar-refractivity contribution is 5.94. The van der Waals surface area contributed by atoms with Crippen LogP contribution in [0.5, 0.6) is 0 Å². The second kappa shape index (κ2) is 2.00. The zero-order valence-electron chi connectivity index (χ0n) is 3.34. The smallest absolute Gasteiger partial charge is 0.363 e. The maximum absolute atomic E-state index is 9.51. The maximum atomic E-state index is 9.51. The first kappa shape index (κ1) is 5.72. The molecule has 0 radical (unpaired) electrons. The minimum absolute atomic E-state index is 0.792. The summed E-state index contributed by atoms with van der Waals surface area (Å²) in [5.74, 6) is -0.426. The molecule has 3 N–H and O–H groups in total. The molecule has 0 unspecified atom stereocenters. The monoisotopic (exact) mass is 101 g/mol. The molecule has 0 aromatic heterocycles. The van der Waals surface area contributed by atoms with E-state index >= 15 is 0 Å². The fraction of sp³-hybridized carbons (Fsp3) is 0. The van der Waals surface area contributed by atoms with E-state index in [0.29, 0.717) is 0 Å². The minimum atomic E-state index is -1.44. The van der Waals surface area contributed by atoms with Gasteiger partial charge in [-0.1, -0.05) is 0 Å². The molecule has 38 valence electrons. The van der Waals surface area contributed by atoms with Crippen molar-refractivity contribution in [3.63, 3.8) is 0 Å². The SMILES string of the molecule is NC(=C=O)C(=O)O. The molecule has 0 saturated carbocycles. The summed E-state index contributed by atoms with van der Waals surface area (Å²) >= 11 is 0. The molecule has 0 aliphatic rings. The number of nitrogens with two attached hydrogens (primary N) is 1. The summed E-state index contributed by atoms with van der Waals surface area (Å²) in [6.07, 6.45) is 0. The molecule has 0 spiro atoms. The molecule has 4 nitrogen and oxygen atoms in total. The first-order valence-corrected chi connectivity index (χ1v) is 1.42. The van der Waals surface area contributed by atoms with E-state index in [4.69, 9.17) is 5.11 Å². The van der Waals surface area contributed by atoms with Gasteiger partial charge in [0.2, 0.25) is 5.70 Å². The third-order valence-corrected chi connectivity index (χ3v) is 0.340. The fourth-order valence-corrected chi connectivity index (χ4v) is 0.0437. The van der Waals surface area contributed by atoms with Crippen molar-refractivity contribution in [3.05, 3.63) is 5.70 Å². The van der Waals surface area contributed by atoms with E-state index in [9.17, 15) is 9.59 Å². The molecule has 0 aromatic rings. The van der Waals surface area contributed by atoms with Crippen molar-refractivity contribution in [2.24, 2.45) is 5.73 Å². The Bertz CT molecular complexity index is 133. The molecule has 7 heavy (non-hydrogen) atoms. The third kappa shape index (κ3) is 1.57. The van der Waals surface area contributed by atoms with Crippen LogP contribution < -0.4 is 5.73 Å². The summed E-state index contributed by atoms with van der Waals surface area (Å²) in [6, 6.07) is 0. The average molecular weight is 101 g/mol. The van der Waals surface area contributed by atoms with Gasteiger partial charge < -0.3 is 10.8 Å². The van der Waals surface area contributed by atoms with E-state index in [2.05, 4.69) is 5.73 Å². The van der Waals surface area contributed by atoms with Crippen molar-refractivity contribution in [1.82, 2.24) is 0 Å². The molecular weight excluding hydrogens is 98.0 g/mol. The Morgan fingerprint density at radius 1 is 1.71 bits per heavy atom. The first-order valence-electron chi connectivity index (χ1n) is 1.42. The topological polar surface area (TPSA) is 80.4 Å². The van der Waals surface area contributed by atoms with E-state index in [1.165, 1.54) is 0 Å². The number of carbonyl (C=O) groups excluding carboxylic acids is 1. The van der Waals surface area contributed by atoms with Gasteiger partial charge in [-0.3, -0.25) is 0 Å². The number of hydrogen-bond donors (Lipinski definition) is 2. The number of rotatable bonds is 1. The van der Waals surface area contributed by atoms with E-state index in [1.54, 1.807) is 0 Å². The predicted molar refractivity (Wildman–Crippen MR) is 21.0 cm³/mol. The molecule has 0 aliphatic carbocycles. The summed E-state index contributed by atoms with van der Waals surface area (Å²) in [5.41, 5.74) is 3.72. The van der Waals surface area contributed by atoms with Crippen LogP contribution in [0.1, 0.15) is 0 Å². The lowest BCUT2D eigenvalue weighted by molar-refractivity contribution is -0.132. The van der Waals surface area contributed by atoms with Gasteiger partial charge in [0.15, 0.2) is 5.94 Å². The van der Waals surface area contributed by atoms with Gasteiger partial charge in [0.1, 0.15) is 0 Å². The molecule has 0 bridgehead atoms. The highest BCUT2D eigenvalue weighted by atomic mass is 16.4. The maximum Gasteiger partial charge on any atom is 0.363 e. The third-order valence-electron chi connectivity index (χ3n) is 0.340. The van der Waals surface area contributed by atoms with Gasteiger partial charge in [-0.05, 0) is 0 Å². The normalized spacial score (nSPS) is 6.86. The van der Waals surface area contributed by atoms with Gasteiger partial charge in [0.25, 0.3) is 0 Å². The van der Waals surface area contributed by atoms with Gasteiger partial charge in [-0.15, -0.1) is 0 Å². The Labute approximate surface area is 39.2 Å². The lowest BCUT2D eigenvalue weighted by Gasteiger charge is -1.78. The van der Waals surface area contributed by atoms with Gasteiger partial charge in [0, 0.05) is 0 Å². The number of carboxylic acids is 1. The second-order valence-electron chi connectivity index (χ2n) is 0.821. The molecular formula is C3H3NO3. The zero-order valence-corrected chi connectivity index (χ0v) is 3.34. The van der Waals surface area contributed by atoms with Crippen molar-refractivity contribution >= 4 is 11.9 Å². The van der Waals surface area contributed by atoms with Gasteiger partial charge >= 0.3 is 5.97 Å². The van der Waals surface area contributed by atoms with Crippen LogP contribution in [0.25, 0.3) is 0 Å². The quantitative estimate of drug-likeness (QED) is 0.319. The van der Waals surface area contributed by atoms with Crippen molar-refractivity contribution in [1.29, 1.82) is 0 Å². The Morgan fingerprint density at radius 2 is 2.14 bits per heavy atom. The molecule has 0 aromatic carbocycles. The molecule has 4 heteroatoms. The molecule has 0 fully saturated rings. The van der Waals surface area contributed by atoms with Crippen LogP contribution in [0.2, 0.25) is 0 Å². The minimum Gasteiger partial charge on any atom is -0.476 e. The lowest BCUT2D eigenvalue weighted by atomic mass is 10.5. The van der Waals surface area contributed by atoms with Crippen molar-refractivity contribution < 1.29 is 14.7 Å². The number of aliphatic carboxylic acids is 1. The zero-order chi connectivity index (χ0) is 5.86. The van der Waals surface area contributed by atoms with E-state index in [-0.39, 0.29) is 0 Å². The van der Waals surface area contributed by atoms with Crippen LogP contribution in [-0.4, -0.2) is 17.0 Å². The predicted octanol–water partition coefficient (Wildman–Crippen LogP) is -1.25. The highest BCUT2D eigenvalue weighted by Crippen LogP contribution is 1.68. The Balaban J connectivity index is 4.10. The summed E-state index contributed by atoms with van der Waals surface area (Å²) in [5, 5.41) is 7.76. The molecule has 0 aliphatic heterocycles. The molecule has 0 heterocycles. The second-order valence-corrected chi connectivity index (χ2v) is 0.821. The van der Waals surface area contributed by atoms with Gasteiger partial charge in [0.05, 0.1) is 0 Å². The molecule has 0 atom stereocenters. The lowest BCUT2D eigenvalue weighted by Crippen LogP contribution is -2.09.